The number of nitrogens with one attached hydrogen (secondary N) is 1. The molecule has 0 saturated heterocycles. The highest BCUT2D eigenvalue weighted by molar-refractivity contribution is 7.89. The number of hydrogen-bond acceptors (Lipinski definition) is 5. The Balaban J connectivity index is 2.26. The van der Waals surface area contributed by atoms with E-state index in [2.05, 4.69) is 4.98 Å². The second-order valence-electron chi connectivity index (χ2n) is 6.27. The smallest absolute Gasteiger partial charge is 0.267 e. The Bertz CT molecular complexity index is 981. The number of amides is 1. The van der Waals surface area contributed by atoms with Gasteiger partial charge in [-0.1, -0.05) is 25.4 Å². The molecule has 10 heteroatoms. The summed E-state index contributed by atoms with van der Waals surface area (Å²) in [6, 6.07) is 2.61. The summed E-state index contributed by atoms with van der Waals surface area (Å²) in [6.07, 6.45) is 2.69. The molecule has 2 aromatic rings. The van der Waals surface area contributed by atoms with E-state index >= 15 is 0 Å². The topological polar surface area (TPSA) is 85.4 Å². The molecule has 0 atom stereocenters. The van der Waals surface area contributed by atoms with Crippen LogP contribution in [-0.4, -0.2) is 25.6 Å². The van der Waals surface area contributed by atoms with Crippen molar-refractivity contribution in [2.45, 2.75) is 20.3 Å². The van der Waals surface area contributed by atoms with Crippen molar-refractivity contribution in [2.75, 3.05) is 6.26 Å². The first-order valence-electron chi connectivity index (χ1n) is 7.79. The number of hydrogen-bond donors (Lipinski definition) is 1. The third-order valence-electron chi connectivity index (χ3n) is 3.27. The molecule has 27 heavy (non-hydrogen) atoms. The van der Waals surface area contributed by atoms with Gasteiger partial charge in [-0.05, 0) is 18.4 Å². The molecule has 146 valence electrons. The number of nitrogens with zero attached hydrogens (tertiary/aromatic N) is 1. The normalized spacial score (nSPS) is 11.5. The Morgan fingerprint density at radius 2 is 1.93 bits per heavy atom. The molecule has 0 aliphatic heterocycles. The van der Waals surface area contributed by atoms with Crippen molar-refractivity contribution in [3.8, 4) is 11.5 Å². The van der Waals surface area contributed by atoms with Gasteiger partial charge in [0, 0.05) is 12.1 Å². The van der Waals surface area contributed by atoms with Crippen LogP contribution in [0, 0.1) is 17.6 Å². The maximum Gasteiger partial charge on any atom is 0.267 e. The lowest BCUT2D eigenvalue weighted by molar-refractivity contribution is 0.0977. The fourth-order valence-electron chi connectivity index (χ4n) is 2.17. The van der Waals surface area contributed by atoms with Gasteiger partial charge < -0.3 is 4.74 Å². The van der Waals surface area contributed by atoms with Crippen LogP contribution in [0.15, 0.2) is 24.4 Å². The Morgan fingerprint density at radius 1 is 1.26 bits per heavy atom. The largest absolute Gasteiger partial charge is 0.452 e. The molecule has 0 fully saturated rings. The summed E-state index contributed by atoms with van der Waals surface area (Å²) in [5, 5.41) is 0.325. The molecule has 0 aliphatic carbocycles. The van der Waals surface area contributed by atoms with E-state index in [9.17, 15) is 22.0 Å². The third kappa shape index (κ3) is 5.86. The Kier molecular flexibility index (Phi) is 6.38. The van der Waals surface area contributed by atoms with Crippen LogP contribution in [0.25, 0.3) is 0 Å². The van der Waals surface area contributed by atoms with E-state index in [1.165, 1.54) is 12.3 Å². The summed E-state index contributed by atoms with van der Waals surface area (Å²) >= 11 is 6.12. The van der Waals surface area contributed by atoms with Gasteiger partial charge in [0.05, 0.1) is 28.7 Å². The van der Waals surface area contributed by atoms with Gasteiger partial charge in [-0.2, -0.15) is 0 Å². The molecule has 1 N–H and O–H groups in total. The van der Waals surface area contributed by atoms with Gasteiger partial charge in [0.15, 0.2) is 11.6 Å². The molecule has 2 rings (SSSR count). The minimum Gasteiger partial charge on any atom is -0.452 e. The van der Waals surface area contributed by atoms with E-state index in [-0.39, 0.29) is 5.75 Å². The van der Waals surface area contributed by atoms with Crippen LogP contribution in [0.1, 0.15) is 29.9 Å². The van der Waals surface area contributed by atoms with Crippen molar-refractivity contribution < 1.29 is 26.7 Å². The quantitative estimate of drug-likeness (QED) is 0.773. The van der Waals surface area contributed by atoms with Gasteiger partial charge in [0.1, 0.15) is 11.6 Å². The SMILES string of the molecule is CC(C)Cc1ncc(Oc2cc(F)c(C(=O)NS(C)(=O)=O)cc2F)cc1Cl. The summed E-state index contributed by atoms with van der Waals surface area (Å²) < 4.78 is 57.2. The van der Waals surface area contributed by atoms with Crippen LogP contribution in [0.5, 0.6) is 11.5 Å². The van der Waals surface area contributed by atoms with Crippen LogP contribution in [0.2, 0.25) is 5.02 Å². The molecular weight excluding hydrogens is 402 g/mol. The first kappa shape index (κ1) is 21.0. The second-order valence-corrected chi connectivity index (χ2v) is 8.42. The summed E-state index contributed by atoms with van der Waals surface area (Å²) in [5.41, 5.74) is -0.118. The number of ether oxygens (including phenoxy) is 1. The average molecular weight is 419 g/mol. The molecule has 1 heterocycles. The van der Waals surface area contributed by atoms with Crippen molar-refractivity contribution in [3.63, 3.8) is 0 Å². The van der Waals surface area contributed by atoms with Crippen LogP contribution in [0.3, 0.4) is 0 Å². The van der Waals surface area contributed by atoms with Crippen molar-refractivity contribution in [1.29, 1.82) is 0 Å². The van der Waals surface area contributed by atoms with Crippen molar-refractivity contribution in [2.24, 2.45) is 5.92 Å². The molecule has 1 aromatic heterocycles. The first-order chi connectivity index (χ1) is 12.5. The number of sulfonamides is 1. The molecular formula is C17H17ClF2N2O4S. The minimum atomic E-state index is -3.92. The zero-order chi connectivity index (χ0) is 20.4. The number of pyridine rings is 1. The Hall–Kier alpha value is -2.26. The predicted octanol–water partition coefficient (Wildman–Crippen LogP) is 3.69. The van der Waals surface area contributed by atoms with Crippen LogP contribution < -0.4 is 9.46 Å². The van der Waals surface area contributed by atoms with E-state index in [1.807, 2.05) is 13.8 Å². The Labute approximate surface area is 160 Å². The van der Waals surface area contributed by atoms with Crippen molar-refractivity contribution >= 4 is 27.5 Å². The summed E-state index contributed by atoms with van der Waals surface area (Å²) in [7, 11) is -3.92. The number of benzene rings is 1. The van der Waals surface area contributed by atoms with Crippen LogP contribution >= 0.6 is 11.6 Å². The third-order valence-corrected chi connectivity index (χ3v) is 4.15. The molecule has 0 radical (unpaired) electrons. The lowest BCUT2D eigenvalue weighted by atomic mass is 10.1. The van der Waals surface area contributed by atoms with Gasteiger partial charge in [-0.3, -0.25) is 9.78 Å². The monoisotopic (exact) mass is 418 g/mol. The zero-order valence-corrected chi connectivity index (χ0v) is 16.3. The number of halogens is 3. The maximum absolute atomic E-state index is 14.2. The zero-order valence-electron chi connectivity index (χ0n) is 14.7. The summed E-state index contributed by atoms with van der Waals surface area (Å²) in [6.45, 7) is 4.00. The second kappa shape index (κ2) is 8.18. The molecule has 0 saturated carbocycles. The fraction of sp³-hybridized carbons (Fsp3) is 0.294. The average Bonchev–Trinajstić information content (AvgIpc) is 2.51. The summed E-state index contributed by atoms with van der Waals surface area (Å²) in [5.74, 6) is -3.58. The standard InChI is InChI=1S/C17H17ClF2N2O4S/c1-9(2)4-15-12(18)5-10(8-21-15)26-16-7-13(19)11(6-14(16)20)17(23)22-27(3,24)25/h5-9H,4H2,1-3H3,(H,22,23). The Morgan fingerprint density at radius 3 is 2.48 bits per heavy atom. The lowest BCUT2D eigenvalue weighted by Crippen LogP contribution is -2.30. The molecule has 0 aliphatic rings. The molecule has 6 nitrogen and oxygen atoms in total. The molecule has 0 spiro atoms. The number of aromatic nitrogens is 1. The lowest BCUT2D eigenvalue weighted by Gasteiger charge is -2.11. The number of carbonyl (C=O) groups excluding carboxylic acids is 1. The van der Waals surface area contributed by atoms with Gasteiger partial charge >= 0.3 is 0 Å². The van der Waals surface area contributed by atoms with Crippen LogP contribution in [-0.2, 0) is 16.4 Å². The predicted molar refractivity (Wildman–Crippen MR) is 96.5 cm³/mol. The maximum atomic E-state index is 14.2. The van der Waals surface area contributed by atoms with E-state index in [1.54, 1.807) is 4.72 Å². The minimum absolute atomic E-state index is 0.0825. The van der Waals surface area contributed by atoms with Gasteiger partial charge in [-0.25, -0.2) is 21.9 Å². The summed E-state index contributed by atoms with van der Waals surface area (Å²) in [4.78, 5) is 15.9. The number of rotatable bonds is 6. The van der Waals surface area contributed by atoms with E-state index in [0.717, 1.165) is 6.26 Å². The molecule has 0 bridgehead atoms. The van der Waals surface area contributed by atoms with Crippen molar-refractivity contribution in [3.05, 3.63) is 52.3 Å². The molecule has 1 amide bonds. The van der Waals surface area contributed by atoms with E-state index in [4.69, 9.17) is 16.3 Å². The molecule has 0 unspecified atom stereocenters. The van der Waals surface area contributed by atoms with Gasteiger partial charge in [0.2, 0.25) is 10.0 Å². The van der Waals surface area contributed by atoms with E-state index in [0.29, 0.717) is 35.2 Å². The highest BCUT2D eigenvalue weighted by atomic mass is 35.5. The highest BCUT2D eigenvalue weighted by Gasteiger charge is 2.20. The van der Waals surface area contributed by atoms with Crippen LogP contribution in [0.4, 0.5) is 8.78 Å². The number of carbonyl (C=O) groups is 1. The molecule has 1 aromatic carbocycles. The van der Waals surface area contributed by atoms with E-state index < -0.39 is 38.9 Å². The first-order valence-corrected chi connectivity index (χ1v) is 10.1. The van der Waals surface area contributed by atoms with Gasteiger partial charge in [-0.15, -0.1) is 0 Å². The fourth-order valence-corrected chi connectivity index (χ4v) is 2.85. The van der Waals surface area contributed by atoms with Crippen molar-refractivity contribution in [1.82, 2.24) is 9.71 Å². The van der Waals surface area contributed by atoms with Gasteiger partial charge in [0.25, 0.3) is 5.91 Å². The highest BCUT2D eigenvalue weighted by Crippen LogP contribution is 2.29.